The molecular weight excluding hydrogens is 606 g/mol. The molecule has 9 nitrogen and oxygen atoms in total. The number of sulfone groups is 1. The number of methoxy groups -OCH3 is 1. The van der Waals surface area contributed by atoms with Crippen LogP contribution in [0, 0.1) is 11.8 Å². The molecule has 3 fully saturated rings. The molecular formula is C36H53NO8S. The summed E-state index contributed by atoms with van der Waals surface area (Å²) in [7, 11) is -2.08. The molecule has 0 amide bonds. The first-order chi connectivity index (χ1) is 22.1. The predicted molar refractivity (Wildman–Crippen MR) is 179 cm³/mol. The van der Waals surface area contributed by atoms with Crippen LogP contribution in [0.5, 0.6) is 0 Å². The molecule has 256 valence electrons. The fourth-order valence-corrected chi connectivity index (χ4v) is 8.59. The van der Waals surface area contributed by atoms with E-state index in [1.807, 2.05) is 12.2 Å². The van der Waals surface area contributed by atoms with Gasteiger partial charge in [0.15, 0.2) is 9.84 Å². The molecule has 3 aliphatic rings. The van der Waals surface area contributed by atoms with Crippen molar-refractivity contribution < 1.29 is 37.2 Å². The Balaban J connectivity index is 1.42. The molecule has 10 heteroatoms. The molecule has 10 atom stereocenters. The highest BCUT2D eigenvalue weighted by atomic mass is 32.2. The van der Waals surface area contributed by atoms with Crippen molar-refractivity contribution in [3.63, 3.8) is 0 Å². The molecule has 3 aliphatic heterocycles. The molecule has 3 saturated heterocycles. The van der Waals surface area contributed by atoms with Gasteiger partial charge < -0.3 is 34.5 Å². The molecule has 3 heterocycles. The minimum absolute atomic E-state index is 0.00775. The molecule has 0 radical (unpaired) electrons. The van der Waals surface area contributed by atoms with Crippen molar-refractivity contribution in [3.05, 3.63) is 79.4 Å². The van der Waals surface area contributed by atoms with Gasteiger partial charge in [-0.15, -0.1) is 6.58 Å². The van der Waals surface area contributed by atoms with E-state index in [0.29, 0.717) is 19.6 Å². The zero-order valence-electron chi connectivity index (χ0n) is 27.4. The minimum Gasteiger partial charge on any atom is -0.392 e. The Labute approximate surface area is 275 Å². The molecule has 1 aromatic carbocycles. The van der Waals surface area contributed by atoms with Crippen LogP contribution in [0.25, 0.3) is 0 Å². The number of ether oxygens (including phenoxy) is 5. The van der Waals surface area contributed by atoms with Gasteiger partial charge in [0.1, 0.15) is 0 Å². The monoisotopic (exact) mass is 659 g/mol. The summed E-state index contributed by atoms with van der Waals surface area (Å²) in [6.07, 6.45) is 7.02. The van der Waals surface area contributed by atoms with Crippen molar-refractivity contribution in [2.24, 2.45) is 17.6 Å². The van der Waals surface area contributed by atoms with Crippen LogP contribution in [-0.4, -0.2) is 95.0 Å². The zero-order valence-corrected chi connectivity index (χ0v) is 28.2. The smallest absolute Gasteiger partial charge is 0.178 e. The number of benzene rings is 1. The van der Waals surface area contributed by atoms with Gasteiger partial charge in [0.25, 0.3) is 0 Å². The van der Waals surface area contributed by atoms with E-state index >= 15 is 0 Å². The summed E-state index contributed by atoms with van der Waals surface area (Å²) in [6.45, 7) is 15.6. The maximum Gasteiger partial charge on any atom is 0.178 e. The lowest BCUT2D eigenvalue weighted by molar-refractivity contribution is -0.0766. The Hall–Kier alpha value is -2.15. The summed E-state index contributed by atoms with van der Waals surface area (Å²) < 4.78 is 57.8. The zero-order chi connectivity index (χ0) is 33.3. The Morgan fingerprint density at radius 1 is 1.09 bits per heavy atom. The van der Waals surface area contributed by atoms with Crippen molar-refractivity contribution in [2.75, 3.05) is 32.6 Å². The third-order valence-corrected chi connectivity index (χ3v) is 11.3. The maximum absolute atomic E-state index is 13.5. The molecule has 4 unspecified atom stereocenters. The molecule has 0 spiro atoms. The van der Waals surface area contributed by atoms with Crippen molar-refractivity contribution >= 4 is 9.84 Å². The lowest BCUT2D eigenvalue weighted by Gasteiger charge is -2.38. The lowest BCUT2D eigenvalue weighted by atomic mass is 9.83. The van der Waals surface area contributed by atoms with E-state index in [-0.39, 0.29) is 53.9 Å². The number of hydrogen-bond acceptors (Lipinski definition) is 9. The third-order valence-electron chi connectivity index (χ3n) is 9.45. The Kier molecular flexibility index (Phi) is 13.8. The molecule has 46 heavy (non-hydrogen) atoms. The van der Waals surface area contributed by atoms with Crippen LogP contribution in [0.2, 0.25) is 0 Å². The van der Waals surface area contributed by atoms with E-state index in [1.165, 1.54) is 0 Å². The second kappa shape index (κ2) is 17.3. The molecule has 0 bridgehead atoms. The summed E-state index contributed by atoms with van der Waals surface area (Å²) in [5, 5.41) is 10.4. The van der Waals surface area contributed by atoms with Gasteiger partial charge in [-0.3, -0.25) is 0 Å². The highest BCUT2D eigenvalue weighted by Crippen LogP contribution is 2.41. The standard InChI is InChI=1S/C36H53NO8S/c1-6-16-42-17-10-11-28-19-25(3)32(43-28)15-14-29-18-24(2)26(4)33(44-29)21-34-31(23-46(39,40)30-12-8-7-9-13-30)36(41-5)35(45-34)20-27(38)22-37/h6-13,24,27-29,31-36,38H,1,3-4,14-23,37H2,2,5H3/b11-10+/t24?,27-,28?,29-,31?,32-,33?,34-,35+,36+/m0/s1. The Bertz CT molecular complexity index is 1280. The molecule has 0 aliphatic carbocycles. The predicted octanol–water partition coefficient (Wildman–Crippen LogP) is 4.56. The third kappa shape index (κ3) is 9.70. The summed E-state index contributed by atoms with van der Waals surface area (Å²) in [5.74, 6) is -0.395. The number of aliphatic hydroxyl groups excluding tert-OH is 1. The maximum atomic E-state index is 13.5. The SMILES string of the molecule is C=CCOC/C=C/C1CC(=C)[C@H](CC[C@H]2CC(C)C(=C)C(C[C@@H]3O[C@H](C[C@H](O)CN)[C@H](OC)C3CS(=O)(=O)c3ccccc3)O2)O1. The van der Waals surface area contributed by atoms with Crippen molar-refractivity contribution in [1.29, 1.82) is 0 Å². The second-order valence-electron chi connectivity index (χ2n) is 12.8. The van der Waals surface area contributed by atoms with Gasteiger partial charge in [-0.1, -0.05) is 56.5 Å². The minimum atomic E-state index is -3.64. The quantitative estimate of drug-likeness (QED) is 0.183. The van der Waals surface area contributed by atoms with Gasteiger partial charge in [-0.2, -0.15) is 0 Å². The van der Waals surface area contributed by atoms with E-state index in [4.69, 9.17) is 29.4 Å². The summed E-state index contributed by atoms with van der Waals surface area (Å²) in [5.41, 5.74) is 7.78. The van der Waals surface area contributed by atoms with E-state index < -0.39 is 40.2 Å². The van der Waals surface area contributed by atoms with Crippen molar-refractivity contribution in [1.82, 2.24) is 0 Å². The van der Waals surface area contributed by atoms with Crippen LogP contribution in [0.15, 0.2) is 84.3 Å². The van der Waals surface area contributed by atoms with Crippen LogP contribution in [-0.2, 0) is 33.5 Å². The largest absolute Gasteiger partial charge is 0.392 e. The van der Waals surface area contributed by atoms with Crippen LogP contribution in [0.4, 0.5) is 0 Å². The first-order valence-corrected chi connectivity index (χ1v) is 18.1. The van der Waals surface area contributed by atoms with Crippen molar-refractivity contribution in [2.45, 2.75) is 99.2 Å². The normalized spacial score (nSPS) is 32.7. The summed E-state index contributed by atoms with van der Waals surface area (Å²) in [4.78, 5) is 0.260. The fourth-order valence-electron chi connectivity index (χ4n) is 6.92. The fraction of sp³-hybridized carbons (Fsp3) is 0.611. The van der Waals surface area contributed by atoms with Gasteiger partial charge >= 0.3 is 0 Å². The Morgan fingerprint density at radius 2 is 1.85 bits per heavy atom. The van der Waals surface area contributed by atoms with E-state index in [1.54, 1.807) is 43.5 Å². The molecule has 1 aromatic rings. The number of hydrogen-bond donors (Lipinski definition) is 2. The van der Waals surface area contributed by atoms with Crippen molar-refractivity contribution in [3.8, 4) is 0 Å². The lowest BCUT2D eigenvalue weighted by Crippen LogP contribution is -2.40. The van der Waals surface area contributed by atoms with Gasteiger partial charge in [0.05, 0.1) is 72.7 Å². The first-order valence-electron chi connectivity index (χ1n) is 16.4. The van der Waals surface area contributed by atoms with E-state index in [9.17, 15) is 13.5 Å². The second-order valence-corrected chi connectivity index (χ2v) is 14.9. The molecule has 3 N–H and O–H groups in total. The average molecular weight is 660 g/mol. The molecule has 0 aromatic heterocycles. The van der Waals surface area contributed by atoms with Gasteiger partial charge in [0, 0.05) is 38.8 Å². The average Bonchev–Trinajstić information content (AvgIpc) is 3.55. The van der Waals surface area contributed by atoms with Crippen LogP contribution in [0.3, 0.4) is 0 Å². The van der Waals surface area contributed by atoms with Gasteiger partial charge in [-0.25, -0.2) is 8.42 Å². The first kappa shape index (κ1) is 36.7. The van der Waals surface area contributed by atoms with Crippen LogP contribution < -0.4 is 5.73 Å². The van der Waals surface area contributed by atoms with E-state index in [0.717, 1.165) is 36.8 Å². The highest BCUT2D eigenvalue weighted by molar-refractivity contribution is 7.91. The highest BCUT2D eigenvalue weighted by Gasteiger charge is 2.48. The number of aliphatic hydroxyl groups is 1. The topological polar surface area (TPSA) is 127 Å². The molecule has 0 saturated carbocycles. The molecule has 4 rings (SSSR count). The summed E-state index contributed by atoms with van der Waals surface area (Å²) in [6, 6.07) is 8.44. The van der Waals surface area contributed by atoms with E-state index in [2.05, 4.69) is 26.7 Å². The van der Waals surface area contributed by atoms with Crippen LogP contribution in [0.1, 0.15) is 45.4 Å². The Morgan fingerprint density at radius 3 is 2.54 bits per heavy atom. The number of nitrogens with two attached hydrogens (primary N) is 1. The van der Waals surface area contributed by atoms with Crippen LogP contribution >= 0.6 is 0 Å². The van der Waals surface area contributed by atoms with Gasteiger partial charge in [-0.05, 0) is 48.5 Å². The summed E-state index contributed by atoms with van der Waals surface area (Å²) >= 11 is 0. The van der Waals surface area contributed by atoms with Gasteiger partial charge in [0.2, 0.25) is 0 Å². The number of rotatable bonds is 17.